The fourth-order valence-corrected chi connectivity index (χ4v) is 0.544. The molecule has 12 heavy (non-hydrogen) atoms. The van der Waals surface area contributed by atoms with Crippen molar-refractivity contribution < 1.29 is 19.4 Å². The van der Waals surface area contributed by atoms with Crippen molar-refractivity contribution in [2.24, 2.45) is 5.73 Å². The monoisotopic (exact) mass is 177 g/mol. The molecule has 5 nitrogen and oxygen atoms in total. The summed E-state index contributed by atoms with van der Waals surface area (Å²) in [6, 6.07) is -0.938. The van der Waals surface area contributed by atoms with E-state index in [2.05, 4.69) is 0 Å². The summed E-state index contributed by atoms with van der Waals surface area (Å²) in [6.45, 7) is 3.40. The molecule has 0 aliphatic heterocycles. The Morgan fingerprint density at radius 3 is 2.58 bits per heavy atom. The van der Waals surface area contributed by atoms with E-state index in [0.717, 1.165) is 0 Å². The van der Waals surface area contributed by atoms with E-state index in [1.54, 1.807) is 0 Å². The molecule has 0 aliphatic carbocycles. The minimum Gasteiger partial charge on any atom is -0.480 e. The Labute approximate surface area is 71.5 Å². The van der Waals surface area contributed by atoms with E-state index in [9.17, 15) is 4.79 Å². The van der Waals surface area contributed by atoms with Crippen LogP contribution in [0.5, 0.6) is 0 Å². The number of ether oxygens (including phenoxy) is 2. The van der Waals surface area contributed by atoms with Gasteiger partial charge in [-0.25, -0.2) is 0 Å². The highest BCUT2D eigenvalue weighted by atomic mass is 16.5. The first-order valence-electron chi connectivity index (χ1n) is 3.82. The molecule has 0 aromatic carbocycles. The first-order valence-corrected chi connectivity index (χ1v) is 3.82. The Bertz CT molecular complexity index is 129. The largest absolute Gasteiger partial charge is 0.480 e. The van der Waals surface area contributed by atoms with Crippen molar-refractivity contribution in [3.05, 3.63) is 0 Å². The van der Waals surface area contributed by atoms with E-state index in [1.165, 1.54) is 0 Å². The van der Waals surface area contributed by atoms with E-state index < -0.39 is 12.0 Å². The van der Waals surface area contributed by atoms with Crippen LogP contribution in [0.2, 0.25) is 0 Å². The van der Waals surface area contributed by atoms with Gasteiger partial charge >= 0.3 is 5.97 Å². The van der Waals surface area contributed by atoms with E-state index in [0.29, 0.717) is 19.8 Å². The number of aliphatic carboxylic acids is 1. The van der Waals surface area contributed by atoms with Crippen LogP contribution < -0.4 is 5.73 Å². The van der Waals surface area contributed by atoms with Crippen LogP contribution in [0.25, 0.3) is 0 Å². The van der Waals surface area contributed by atoms with Gasteiger partial charge in [0.15, 0.2) is 0 Å². The van der Waals surface area contributed by atoms with Crippen molar-refractivity contribution in [2.45, 2.75) is 13.0 Å². The first kappa shape index (κ1) is 11.4. The van der Waals surface area contributed by atoms with Crippen LogP contribution >= 0.6 is 0 Å². The van der Waals surface area contributed by atoms with Gasteiger partial charge in [-0.05, 0) is 6.92 Å². The number of carboxylic acids is 1. The van der Waals surface area contributed by atoms with Crippen molar-refractivity contribution in [1.82, 2.24) is 0 Å². The lowest BCUT2D eigenvalue weighted by Gasteiger charge is -2.07. The van der Waals surface area contributed by atoms with Crippen LogP contribution in [-0.2, 0) is 14.3 Å². The summed E-state index contributed by atoms with van der Waals surface area (Å²) in [6.07, 6.45) is 0. The smallest absolute Gasteiger partial charge is 0.322 e. The molecule has 0 heterocycles. The Kier molecular flexibility index (Phi) is 6.64. The van der Waals surface area contributed by atoms with Crippen molar-refractivity contribution in [3.8, 4) is 0 Å². The van der Waals surface area contributed by atoms with Crippen molar-refractivity contribution in [1.29, 1.82) is 0 Å². The predicted molar refractivity (Wildman–Crippen MR) is 42.9 cm³/mol. The molecule has 0 saturated carbocycles. The summed E-state index contributed by atoms with van der Waals surface area (Å²) in [5.74, 6) is -1.05. The minimum atomic E-state index is -1.05. The number of carboxylic acid groups (broad SMARTS) is 1. The van der Waals surface area contributed by atoms with E-state index >= 15 is 0 Å². The normalized spacial score (nSPS) is 12.8. The summed E-state index contributed by atoms with van der Waals surface area (Å²) in [5.41, 5.74) is 5.17. The van der Waals surface area contributed by atoms with Crippen LogP contribution in [0.1, 0.15) is 6.92 Å². The molecule has 5 heteroatoms. The van der Waals surface area contributed by atoms with Crippen LogP contribution in [0.4, 0.5) is 0 Å². The number of nitrogens with two attached hydrogens (primary N) is 1. The third-order valence-electron chi connectivity index (χ3n) is 1.19. The number of hydrogen-bond donors (Lipinski definition) is 2. The lowest BCUT2D eigenvalue weighted by atomic mass is 10.3. The summed E-state index contributed by atoms with van der Waals surface area (Å²) < 4.78 is 9.89. The summed E-state index contributed by atoms with van der Waals surface area (Å²) in [5, 5.41) is 8.35. The van der Waals surface area contributed by atoms with Gasteiger partial charge in [-0.1, -0.05) is 0 Å². The molecule has 72 valence electrons. The van der Waals surface area contributed by atoms with Crippen molar-refractivity contribution in [2.75, 3.05) is 26.4 Å². The summed E-state index contributed by atoms with van der Waals surface area (Å²) in [7, 11) is 0. The molecule has 0 aromatic heterocycles. The lowest BCUT2D eigenvalue weighted by Crippen LogP contribution is -2.35. The van der Waals surface area contributed by atoms with Gasteiger partial charge in [-0.2, -0.15) is 0 Å². The molecule has 0 radical (unpaired) electrons. The average molecular weight is 177 g/mol. The second kappa shape index (κ2) is 7.02. The van der Waals surface area contributed by atoms with Crippen molar-refractivity contribution >= 4 is 5.97 Å². The predicted octanol–water partition coefficient (Wildman–Crippen LogP) is -0.549. The standard InChI is InChI=1S/C7H15NO4/c1-2-11-3-4-12-5-6(8)7(9)10/h6H,2-5,8H2,1H3,(H,9,10). The van der Waals surface area contributed by atoms with Gasteiger partial charge in [0.25, 0.3) is 0 Å². The maximum atomic E-state index is 10.2. The topological polar surface area (TPSA) is 81.8 Å². The molecule has 0 amide bonds. The SMILES string of the molecule is CCOCCOCC(N)C(=O)O. The molecular weight excluding hydrogens is 162 g/mol. The lowest BCUT2D eigenvalue weighted by molar-refractivity contribution is -0.140. The van der Waals surface area contributed by atoms with E-state index in [4.69, 9.17) is 20.3 Å². The number of hydrogen-bond acceptors (Lipinski definition) is 4. The van der Waals surface area contributed by atoms with Crippen LogP contribution in [-0.4, -0.2) is 43.5 Å². The zero-order chi connectivity index (χ0) is 9.40. The second-order valence-electron chi connectivity index (χ2n) is 2.22. The fraction of sp³-hybridized carbons (Fsp3) is 0.857. The first-order chi connectivity index (χ1) is 5.68. The minimum absolute atomic E-state index is 0.0302. The molecule has 0 aliphatic rings. The molecule has 0 rings (SSSR count). The average Bonchev–Trinajstić information content (AvgIpc) is 2.03. The number of rotatable bonds is 7. The van der Waals surface area contributed by atoms with Gasteiger partial charge in [-0.3, -0.25) is 4.79 Å². The van der Waals surface area contributed by atoms with Gasteiger partial charge in [0.2, 0.25) is 0 Å². The van der Waals surface area contributed by atoms with Gasteiger partial charge in [-0.15, -0.1) is 0 Å². The molecule has 0 bridgehead atoms. The number of carbonyl (C=O) groups is 1. The molecule has 0 fully saturated rings. The quantitative estimate of drug-likeness (QED) is 0.510. The van der Waals surface area contributed by atoms with Crippen molar-refractivity contribution in [3.63, 3.8) is 0 Å². The Balaban J connectivity index is 3.14. The van der Waals surface area contributed by atoms with Crippen LogP contribution in [0, 0.1) is 0 Å². The Hall–Kier alpha value is -0.650. The Morgan fingerprint density at radius 1 is 1.50 bits per heavy atom. The molecule has 0 spiro atoms. The molecule has 1 unspecified atom stereocenters. The maximum Gasteiger partial charge on any atom is 0.322 e. The highest BCUT2D eigenvalue weighted by Crippen LogP contribution is 1.83. The molecule has 3 N–H and O–H groups in total. The molecule has 0 saturated heterocycles. The van der Waals surface area contributed by atoms with Gasteiger partial charge in [0, 0.05) is 6.61 Å². The third-order valence-corrected chi connectivity index (χ3v) is 1.19. The molecule has 0 aromatic rings. The van der Waals surface area contributed by atoms with Crippen LogP contribution in [0.15, 0.2) is 0 Å². The van der Waals surface area contributed by atoms with Gasteiger partial charge in [0.1, 0.15) is 6.04 Å². The molecular formula is C7H15NO4. The van der Waals surface area contributed by atoms with Gasteiger partial charge < -0.3 is 20.3 Å². The zero-order valence-electron chi connectivity index (χ0n) is 7.16. The van der Waals surface area contributed by atoms with Crippen LogP contribution in [0.3, 0.4) is 0 Å². The van der Waals surface area contributed by atoms with E-state index in [1.807, 2.05) is 6.92 Å². The summed E-state index contributed by atoms with van der Waals surface area (Å²) >= 11 is 0. The fourth-order valence-electron chi connectivity index (χ4n) is 0.544. The highest BCUT2D eigenvalue weighted by molar-refractivity contribution is 5.73. The highest BCUT2D eigenvalue weighted by Gasteiger charge is 2.10. The third kappa shape index (κ3) is 6.09. The maximum absolute atomic E-state index is 10.2. The van der Waals surface area contributed by atoms with E-state index in [-0.39, 0.29) is 6.61 Å². The summed E-state index contributed by atoms with van der Waals surface area (Å²) in [4.78, 5) is 10.2. The zero-order valence-corrected chi connectivity index (χ0v) is 7.16. The Morgan fingerprint density at radius 2 is 2.08 bits per heavy atom. The molecule has 1 atom stereocenters. The second-order valence-corrected chi connectivity index (χ2v) is 2.22. The van der Waals surface area contributed by atoms with Gasteiger partial charge in [0.05, 0.1) is 19.8 Å².